The normalized spacial score (nSPS) is 15.9. The Hall–Kier alpha value is -2.18. The summed E-state index contributed by atoms with van der Waals surface area (Å²) in [7, 11) is 1.74. The smallest absolute Gasteiger partial charge is 0.264 e. The predicted octanol–water partition coefficient (Wildman–Crippen LogP) is 1.31. The van der Waals surface area contributed by atoms with E-state index >= 15 is 0 Å². The number of aryl methyl sites for hydroxylation is 1. The molecule has 0 spiro atoms. The number of hydrogen-bond acceptors (Lipinski definition) is 4. The van der Waals surface area contributed by atoms with Gasteiger partial charge in [-0.3, -0.25) is 18.8 Å². The van der Waals surface area contributed by atoms with Gasteiger partial charge in [-0.15, -0.1) is 0 Å². The minimum Gasteiger partial charge on any atom is -0.338 e. The first kappa shape index (κ1) is 15.7. The minimum atomic E-state index is -0.212. The minimum absolute atomic E-state index is 0.00783. The molecule has 1 fully saturated rings. The number of rotatable bonds is 4. The van der Waals surface area contributed by atoms with Gasteiger partial charge in [0.05, 0.1) is 6.20 Å². The summed E-state index contributed by atoms with van der Waals surface area (Å²) in [5, 5.41) is 4.49. The van der Waals surface area contributed by atoms with E-state index in [0.29, 0.717) is 23.6 Å². The molecule has 0 radical (unpaired) electrons. The molecule has 124 valence electrons. The number of aromatic nitrogens is 4. The Morgan fingerprint density at radius 1 is 1.35 bits per heavy atom. The Labute approximate surface area is 134 Å². The molecule has 0 bridgehead atoms. The standard InChI is InChI=1S/C16H23N5O2/c1-3-21(12-7-5-4-6-8-12)14(22)10-20-11-17-15-13(16(20)23)9-18-19(15)2/h9,11-12H,3-8,10H2,1-2H3. The highest BCUT2D eigenvalue weighted by Gasteiger charge is 2.24. The molecule has 2 aromatic rings. The highest BCUT2D eigenvalue weighted by molar-refractivity contribution is 5.77. The van der Waals surface area contributed by atoms with Crippen LogP contribution >= 0.6 is 0 Å². The number of amides is 1. The highest BCUT2D eigenvalue weighted by atomic mass is 16.2. The van der Waals surface area contributed by atoms with Gasteiger partial charge >= 0.3 is 0 Å². The van der Waals surface area contributed by atoms with Crippen molar-refractivity contribution in [3.63, 3.8) is 0 Å². The predicted molar refractivity (Wildman–Crippen MR) is 87.0 cm³/mol. The number of likely N-dealkylation sites (N-methyl/N-ethyl adjacent to an activating group) is 1. The van der Waals surface area contributed by atoms with Gasteiger partial charge in [-0.2, -0.15) is 5.10 Å². The van der Waals surface area contributed by atoms with E-state index in [-0.39, 0.29) is 18.0 Å². The summed E-state index contributed by atoms with van der Waals surface area (Å²) in [6.07, 6.45) is 8.69. The van der Waals surface area contributed by atoms with Crippen molar-refractivity contribution in [2.24, 2.45) is 7.05 Å². The molecule has 0 N–H and O–H groups in total. The summed E-state index contributed by atoms with van der Waals surface area (Å²) in [5.41, 5.74) is 0.328. The third-order valence-electron chi connectivity index (χ3n) is 4.70. The van der Waals surface area contributed by atoms with Crippen molar-refractivity contribution in [2.75, 3.05) is 6.54 Å². The Kier molecular flexibility index (Phi) is 4.45. The third-order valence-corrected chi connectivity index (χ3v) is 4.70. The van der Waals surface area contributed by atoms with Crippen molar-refractivity contribution in [2.45, 2.75) is 51.6 Å². The van der Waals surface area contributed by atoms with Gasteiger partial charge in [0.15, 0.2) is 5.65 Å². The zero-order valence-corrected chi connectivity index (χ0v) is 13.7. The number of carbonyl (C=O) groups is 1. The van der Waals surface area contributed by atoms with Crippen LogP contribution in [0.25, 0.3) is 11.0 Å². The number of hydrogen-bond donors (Lipinski definition) is 0. The van der Waals surface area contributed by atoms with Crippen LogP contribution in [0.5, 0.6) is 0 Å². The van der Waals surface area contributed by atoms with Crippen molar-refractivity contribution < 1.29 is 4.79 Å². The molecule has 7 nitrogen and oxygen atoms in total. The third kappa shape index (κ3) is 3.00. The molecule has 3 rings (SSSR count). The van der Waals surface area contributed by atoms with Gasteiger partial charge in [-0.1, -0.05) is 19.3 Å². The lowest BCUT2D eigenvalue weighted by molar-refractivity contribution is -0.134. The quantitative estimate of drug-likeness (QED) is 0.852. The molecule has 7 heteroatoms. The molecule has 23 heavy (non-hydrogen) atoms. The van der Waals surface area contributed by atoms with E-state index in [9.17, 15) is 9.59 Å². The summed E-state index contributed by atoms with van der Waals surface area (Å²) in [6.45, 7) is 2.72. The molecule has 1 aliphatic carbocycles. The monoisotopic (exact) mass is 317 g/mol. The first-order valence-corrected chi connectivity index (χ1v) is 8.28. The maximum Gasteiger partial charge on any atom is 0.264 e. The second kappa shape index (κ2) is 6.52. The molecule has 2 aromatic heterocycles. The topological polar surface area (TPSA) is 73.0 Å². The van der Waals surface area contributed by atoms with E-state index in [0.717, 1.165) is 12.8 Å². The molecule has 1 saturated carbocycles. The molecule has 0 atom stereocenters. The molecule has 1 amide bonds. The van der Waals surface area contributed by atoms with Crippen LogP contribution in [-0.2, 0) is 18.4 Å². The summed E-state index contributed by atoms with van der Waals surface area (Å²) in [5.74, 6) is -0.00783. The van der Waals surface area contributed by atoms with Crippen molar-refractivity contribution in [3.05, 3.63) is 22.9 Å². The van der Waals surface area contributed by atoms with Crippen molar-refractivity contribution >= 4 is 16.9 Å². The van der Waals surface area contributed by atoms with Crippen molar-refractivity contribution in [1.82, 2.24) is 24.2 Å². The zero-order valence-electron chi connectivity index (χ0n) is 13.7. The van der Waals surface area contributed by atoms with E-state index in [1.54, 1.807) is 11.7 Å². The van der Waals surface area contributed by atoms with E-state index in [4.69, 9.17) is 0 Å². The SMILES string of the molecule is CCN(C(=O)Cn1cnc2c(cnn2C)c1=O)C1CCCCC1. The van der Waals surface area contributed by atoms with Crippen LogP contribution in [0.15, 0.2) is 17.3 Å². The van der Waals surface area contributed by atoms with Crippen LogP contribution in [0.2, 0.25) is 0 Å². The van der Waals surface area contributed by atoms with E-state index in [1.165, 1.54) is 36.4 Å². The molecular formula is C16H23N5O2. The Balaban J connectivity index is 1.81. The van der Waals surface area contributed by atoms with Gasteiger partial charge in [0.2, 0.25) is 5.91 Å². The fourth-order valence-electron chi connectivity index (χ4n) is 3.45. The van der Waals surface area contributed by atoms with Gasteiger partial charge in [-0.25, -0.2) is 4.98 Å². The molecule has 0 aliphatic heterocycles. The second-order valence-corrected chi connectivity index (χ2v) is 6.15. The van der Waals surface area contributed by atoms with Crippen LogP contribution < -0.4 is 5.56 Å². The lowest BCUT2D eigenvalue weighted by Crippen LogP contribution is -2.44. The van der Waals surface area contributed by atoms with E-state index in [2.05, 4.69) is 10.1 Å². The van der Waals surface area contributed by atoms with Crippen molar-refractivity contribution in [1.29, 1.82) is 0 Å². The lowest BCUT2D eigenvalue weighted by atomic mass is 9.94. The average molecular weight is 317 g/mol. The Bertz CT molecular complexity index is 757. The van der Waals surface area contributed by atoms with Crippen LogP contribution in [0.3, 0.4) is 0 Å². The molecule has 0 saturated heterocycles. The summed E-state index contributed by atoms with van der Waals surface area (Å²) in [4.78, 5) is 31.3. The van der Waals surface area contributed by atoms with Gasteiger partial charge in [0.25, 0.3) is 5.56 Å². The summed E-state index contributed by atoms with van der Waals surface area (Å²) >= 11 is 0. The number of fused-ring (bicyclic) bond motifs is 1. The molecule has 0 unspecified atom stereocenters. The van der Waals surface area contributed by atoms with Gasteiger partial charge in [0, 0.05) is 19.6 Å². The van der Waals surface area contributed by atoms with Crippen LogP contribution in [0.4, 0.5) is 0 Å². The summed E-state index contributed by atoms with van der Waals surface area (Å²) in [6, 6.07) is 0.312. The molecular weight excluding hydrogens is 294 g/mol. The van der Waals surface area contributed by atoms with E-state index in [1.807, 2.05) is 11.8 Å². The largest absolute Gasteiger partial charge is 0.338 e. The lowest BCUT2D eigenvalue weighted by Gasteiger charge is -2.33. The fourth-order valence-corrected chi connectivity index (χ4v) is 3.45. The molecule has 2 heterocycles. The number of carbonyl (C=O) groups excluding carboxylic acids is 1. The number of nitrogens with zero attached hydrogens (tertiary/aromatic N) is 5. The highest BCUT2D eigenvalue weighted by Crippen LogP contribution is 2.22. The molecule has 0 aromatic carbocycles. The molecule has 1 aliphatic rings. The van der Waals surface area contributed by atoms with Gasteiger partial charge in [0.1, 0.15) is 18.3 Å². The first-order valence-electron chi connectivity index (χ1n) is 8.28. The van der Waals surface area contributed by atoms with Crippen molar-refractivity contribution in [3.8, 4) is 0 Å². The van der Waals surface area contributed by atoms with Crippen LogP contribution in [0, 0.1) is 0 Å². The zero-order chi connectivity index (χ0) is 16.4. The first-order chi connectivity index (χ1) is 11.1. The van der Waals surface area contributed by atoms with Crippen LogP contribution in [0.1, 0.15) is 39.0 Å². The maximum atomic E-state index is 12.7. The summed E-state index contributed by atoms with van der Waals surface area (Å²) < 4.78 is 2.95. The fraction of sp³-hybridized carbons (Fsp3) is 0.625. The maximum absolute atomic E-state index is 12.7. The Morgan fingerprint density at radius 2 is 2.09 bits per heavy atom. The van der Waals surface area contributed by atoms with E-state index < -0.39 is 0 Å². The average Bonchev–Trinajstić information content (AvgIpc) is 2.94. The Morgan fingerprint density at radius 3 is 2.78 bits per heavy atom. The van der Waals surface area contributed by atoms with Gasteiger partial charge in [-0.05, 0) is 19.8 Å². The van der Waals surface area contributed by atoms with Gasteiger partial charge < -0.3 is 4.90 Å². The van der Waals surface area contributed by atoms with Crippen LogP contribution in [-0.4, -0.2) is 42.7 Å². The second-order valence-electron chi connectivity index (χ2n) is 6.15.